The lowest BCUT2D eigenvalue weighted by molar-refractivity contribution is -0.116. The molecular weight excluding hydrogens is 316 g/mol. The SMILES string of the molecule is CC(C)CC1CC(=O)C(C=Nc2ccc(-c3ncn[nH]3)cc2)=C(O)C1. The predicted octanol–water partition coefficient (Wildman–Crippen LogP) is 4.01. The summed E-state index contributed by atoms with van der Waals surface area (Å²) in [7, 11) is 0. The summed E-state index contributed by atoms with van der Waals surface area (Å²) in [6.45, 7) is 4.26. The zero-order valence-electron chi connectivity index (χ0n) is 14.4. The third kappa shape index (κ3) is 4.21. The molecule has 1 unspecified atom stereocenters. The summed E-state index contributed by atoms with van der Waals surface area (Å²) in [5.74, 6) is 1.56. The highest BCUT2D eigenvalue weighted by Crippen LogP contribution is 2.30. The van der Waals surface area contributed by atoms with Gasteiger partial charge in [0, 0.05) is 24.6 Å². The van der Waals surface area contributed by atoms with E-state index in [1.165, 1.54) is 12.5 Å². The fourth-order valence-corrected chi connectivity index (χ4v) is 3.16. The molecule has 0 amide bonds. The number of hydrogen-bond donors (Lipinski definition) is 2. The number of aliphatic hydroxyl groups is 1. The van der Waals surface area contributed by atoms with Crippen LogP contribution in [-0.4, -0.2) is 32.3 Å². The van der Waals surface area contributed by atoms with E-state index in [1.807, 2.05) is 24.3 Å². The summed E-state index contributed by atoms with van der Waals surface area (Å²) in [6.07, 6.45) is 4.91. The average Bonchev–Trinajstić information content (AvgIpc) is 3.08. The summed E-state index contributed by atoms with van der Waals surface area (Å²) in [5.41, 5.74) is 1.95. The van der Waals surface area contributed by atoms with E-state index in [0.29, 0.717) is 35.8 Å². The van der Waals surface area contributed by atoms with Gasteiger partial charge in [0.15, 0.2) is 11.6 Å². The van der Waals surface area contributed by atoms with Crippen molar-refractivity contribution < 1.29 is 9.90 Å². The van der Waals surface area contributed by atoms with Crippen LogP contribution < -0.4 is 0 Å². The Bertz CT molecular complexity index is 789. The topological polar surface area (TPSA) is 91.2 Å². The third-order valence-electron chi connectivity index (χ3n) is 4.27. The van der Waals surface area contributed by atoms with E-state index in [4.69, 9.17) is 0 Å². The fourth-order valence-electron chi connectivity index (χ4n) is 3.16. The molecule has 6 heteroatoms. The summed E-state index contributed by atoms with van der Waals surface area (Å²) in [5, 5.41) is 16.8. The predicted molar refractivity (Wildman–Crippen MR) is 96.8 cm³/mol. The minimum atomic E-state index is -0.0311. The van der Waals surface area contributed by atoms with Crippen molar-refractivity contribution in [1.82, 2.24) is 15.2 Å². The van der Waals surface area contributed by atoms with Crippen molar-refractivity contribution in [2.24, 2.45) is 16.8 Å². The molecule has 0 radical (unpaired) electrons. The molecule has 1 aliphatic rings. The van der Waals surface area contributed by atoms with Gasteiger partial charge >= 0.3 is 0 Å². The van der Waals surface area contributed by atoms with Crippen LogP contribution in [0.4, 0.5) is 5.69 Å². The van der Waals surface area contributed by atoms with Crippen LogP contribution in [0.5, 0.6) is 0 Å². The quantitative estimate of drug-likeness (QED) is 0.806. The lowest BCUT2D eigenvalue weighted by Gasteiger charge is -2.23. The van der Waals surface area contributed by atoms with Crippen molar-refractivity contribution in [1.29, 1.82) is 0 Å². The third-order valence-corrected chi connectivity index (χ3v) is 4.27. The van der Waals surface area contributed by atoms with Crippen molar-refractivity contribution in [3.8, 4) is 11.4 Å². The first kappa shape index (κ1) is 17.1. The Hall–Kier alpha value is -2.76. The van der Waals surface area contributed by atoms with E-state index in [-0.39, 0.29) is 17.5 Å². The van der Waals surface area contributed by atoms with Crippen LogP contribution in [0, 0.1) is 11.8 Å². The average molecular weight is 338 g/mol. The summed E-state index contributed by atoms with van der Waals surface area (Å²) < 4.78 is 0. The Kier molecular flexibility index (Phi) is 5.07. The molecule has 1 aromatic heterocycles. The first-order valence-corrected chi connectivity index (χ1v) is 8.48. The Morgan fingerprint density at radius 3 is 2.68 bits per heavy atom. The minimum absolute atomic E-state index is 0.0311. The van der Waals surface area contributed by atoms with Crippen LogP contribution in [0.25, 0.3) is 11.4 Å². The number of Topliss-reactive ketones (excluding diaryl/α,β-unsaturated/α-hetero) is 1. The second-order valence-corrected chi connectivity index (χ2v) is 6.83. The summed E-state index contributed by atoms with van der Waals surface area (Å²) in [6, 6.07) is 7.42. The molecule has 1 atom stereocenters. The van der Waals surface area contributed by atoms with E-state index >= 15 is 0 Å². The Morgan fingerprint density at radius 2 is 2.08 bits per heavy atom. The van der Waals surface area contributed by atoms with Crippen LogP contribution in [0.1, 0.15) is 33.1 Å². The number of ketones is 1. The zero-order chi connectivity index (χ0) is 17.8. The molecule has 25 heavy (non-hydrogen) atoms. The van der Waals surface area contributed by atoms with Crippen molar-refractivity contribution in [3.63, 3.8) is 0 Å². The van der Waals surface area contributed by atoms with Gasteiger partial charge in [-0.3, -0.25) is 14.9 Å². The molecule has 1 aromatic carbocycles. The number of nitrogens with one attached hydrogen (secondary N) is 1. The second-order valence-electron chi connectivity index (χ2n) is 6.83. The van der Waals surface area contributed by atoms with Gasteiger partial charge in [0.1, 0.15) is 12.1 Å². The molecule has 0 spiro atoms. The van der Waals surface area contributed by atoms with Gasteiger partial charge < -0.3 is 5.11 Å². The zero-order valence-corrected chi connectivity index (χ0v) is 14.4. The number of rotatable bonds is 5. The standard InChI is InChI=1S/C19H22N4O2/c1-12(2)7-13-8-17(24)16(18(25)9-13)10-20-15-5-3-14(4-6-15)19-21-11-22-23-19/h3-6,10-13,24H,7-9H2,1-2H3,(H,21,22,23). The van der Waals surface area contributed by atoms with Gasteiger partial charge in [-0.05, 0) is 42.5 Å². The number of carbonyl (C=O) groups excluding carboxylic acids is 1. The maximum atomic E-state index is 12.3. The van der Waals surface area contributed by atoms with E-state index in [0.717, 1.165) is 12.0 Å². The smallest absolute Gasteiger partial charge is 0.168 e. The van der Waals surface area contributed by atoms with Crippen LogP contribution in [0.2, 0.25) is 0 Å². The summed E-state index contributed by atoms with van der Waals surface area (Å²) >= 11 is 0. The molecule has 0 saturated carbocycles. The van der Waals surface area contributed by atoms with Gasteiger partial charge in [-0.25, -0.2) is 4.98 Å². The molecule has 2 N–H and O–H groups in total. The van der Waals surface area contributed by atoms with Gasteiger partial charge in [0.05, 0.1) is 11.3 Å². The lowest BCUT2D eigenvalue weighted by atomic mass is 9.82. The Balaban J connectivity index is 1.72. The van der Waals surface area contributed by atoms with Crippen LogP contribution in [0.3, 0.4) is 0 Å². The molecule has 1 aliphatic carbocycles. The number of allylic oxidation sites excluding steroid dienone is 2. The fraction of sp³-hybridized carbons (Fsp3) is 0.368. The Labute approximate surface area is 146 Å². The van der Waals surface area contributed by atoms with Gasteiger partial charge in [0.25, 0.3) is 0 Å². The highest BCUT2D eigenvalue weighted by molar-refractivity contribution is 6.14. The molecule has 6 nitrogen and oxygen atoms in total. The van der Waals surface area contributed by atoms with E-state index in [9.17, 15) is 9.90 Å². The van der Waals surface area contributed by atoms with Gasteiger partial charge in [-0.15, -0.1) is 0 Å². The van der Waals surface area contributed by atoms with E-state index in [2.05, 4.69) is 34.0 Å². The number of aromatic nitrogens is 3. The maximum Gasteiger partial charge on any atom is 0.168 e. The van der Waals surface area contributed by atoms with Crippen LogP contribution >= 0.6 is 0 Å². The first-order chi connectivity index (χ1) is 12.0. The first-order valence-electron chi connectivity index (χ1n) is 8.48. The number of H-pyrrole nitrogens is 1. The number of aliphatic imine (C=N–C) groups is 1. The van der Waals surface area contributed by atoms with E-state index < -0.39 is 0 Å². The number of benzene rings is 1. The monoisotopic (exact) mass is 338 g/mol. The largest absolute Gasteiger partial charge is 0.511 e. The molecule has 0 fully saturated rings. The number of hydrogen-bond acceptors (Lipinski definition) is 5. The number of nitrogens with zero attached hydrogens (tertiary/aromatic N) is 3. The molecular formula is C19H22N4O2. The Morgan fingerprint density at radius 1 is 1.32 bits per heavy atom. The highest BCUT2D eigenvalue weighted by Gasteiger charge is 2.27. The molecule has 130 valence electrons. The van der Waals surface area contributed by atoms with Gasteiger partial charge in [0.2, 0.25) is 0 Å². The molecule has 0 bridgehead atoms. The van der Waals surface area contributed by atoms with E-state index in [1.54, 1.807) is 0 Å². The molecule has 0 aliphatic heterocycles. The second kappa shape index (κ2) is 7.42. The molecule has 3 rings (SSSR count). The van der Waals surface area contributed by atoms with Crippen molar-refractivity contribution in [2.45, 2.75) is 33.1 Å². The lowest BCUT2D eigenvalue weighted by Crippen LogP contribution is -2.21. The molecule has 0 saturated heterocycles. The number of aliphatic hydroxyl groups excluding tert-OH is 1. The summed E-state index contributed by atoms with van der Waals surface area (Å²) in [4.78, 5) is 20.7. The number of carbonyl (C=O) groups is 1. The molecule has 1 heterocycles. The van der Waals surface area contributed by atoms with Crippen molar-refractivity contribution in [3.05, 3.63) is 41.9 Å². The number of aromatic amines is 1. The highest BCUT2D eigenvalue weighted by atomic mass is 16.3. The molecule has 2 aromatic rings. The van der Waals surface area contributed by atoms with Gasteiger partial charge in [-0.1, -0.05) is 13.8 Å². The van der Waals surface area contributed by atoms with Crippen LogP contribution in [0.15, 0.2) is 46.9 Å². The van der Waals surface area contributed by atoms with Crippen LogP contribution in [-0.2, 0) is 4.79 Å². The maximum absolute atomic E-state index is 12.3. The van der Waals surface area contributed by atoms with Crippen molar-refractivity contribution >= 4 is 17.7 Å². The minimum Gasteiger partial charge on any atom is -0.511 e. The van der Waals surface area contributed by atoms with Gasteiger partial charge in [-0.2, -0.15) is 5.10 Å². The normalized spacial score (nSPS) is 18.5. The van der Waals surface area contributed by atoms with Crippen molar-refractivity contribution in [2.75, 3.05) is 0 Å².